The van der Waals surface area contributed by atoms with E-state index in [-0.39, 0.29) is 12.3 Å². The molecule has 1 rings (SSSR count). The number of phenolic OH excluding ortho intramolecular Hbond substituents is 1. The van der Waals surface area contributed by atoms with Crippen molar-refractivity contribution in [1.29, 1.82) is 0 Å². The first-order valence-corrected chi connectivity index (χ1v) is 4.37. The van der Waals surface area contributed by atoms with Gasteiger partial charge in [0.05, 0.1) is 11.6 Å². The van der Waals surface area contributed by atoms with E-state index < -0.39 is 5.82 Å². The van der Waals surface area contributed by atoms with E-state index in [0.717, 1.165) is 6.07 Å². The van der Waals surface area contributed by atoms with Crippen LogP contribution in [0.15, 0.2) is 16.6 Å². The van der Waals surface area contributed by atoms with E-state index in [1.807, 2.05) is 0 Å². The summed E-state index contributed by atoms with van der Waals surface area (Å²) in [6, 6.07) is 2.55. The number of aromatic hydroxyl groups is 1. The smallest absolute Gasteiger partial charge is 0.132 e. The molecule has 0 radical (unpaired) electrons. The van der Waals surface area contributed by atoms with Crippen LogP contribution >= 0.6 is 15.9 Å². The molecular formula is C8H9BrFNO2. The van der Waals surface area contributed by atoms with Gasteiger partial charge in [-0.3, -0.25) is 0 Å². The van der Waals surface area contributed by atoms with Gasteiger partial charge in [0.25, 0.3) is 0 Å². The van der Waals surface area contributed by atoms with Gasteiger partial charge in [-0.2, -0.15) is 5.48 Å². The van der Waals surface area contributed by atoms with E-state index in [1.54, 1.807) is 0 Å². The van der Waals surface area contributed by atoms with Crippen LogP contribution in [0.4, 0.5) is 4.39 Å². The zero-order valence-electron chi connectivity index (χ0n) is 6.97. The van der Waals surface area contributed by atoms with Crippen molar-refractivity contribution in [2.24, 2.45) is 0 Å². The van der Waals surface area contributed by atoms with Crippen LogP contribution < -0.4 is 5.48 Å². The van der Waals surface area contributed by atoms with Crippen LogP contribution in [0.1, 0.15) is 5.56 Å². The summed E-state index contributed by atoms with van der Waals surface area (Å²) in [7, 11) is 1.45. The Kier molecular flexibility index (Phi) is 3.65. The van der Waals surface area contributed by atoms with Gasteiger partial charge in [-0.25, -0.2) is 4.39 Å². The largest absolute Gasteiger partial charge is 0.507 e. The van der Waals surface area contributed by atoms with Crippen LogP contribution in [0, 0.1) is 5.82 Å². The minimum Gasteiger partial charge on any atom is -0.507 e. The lowest BCUT2D eigenvalue weighted by molar-refractivity contribution is 0.0859. The summed E-state index contributed by atoms with van der Waals surface area (Å²) in [5.74, 6) is -0.580. The zero-order valence-corrected chi connectivity index (χ0v) is 8.56. The summed E-state index contributed by atoms with van der Waals surface area (Å²) in [6.07, 6.45) is 0. The Morgan fingerprint density at radius 3 is 2.92 bits per heavy atom. The normalized spacial score (nSPS) is 10.4. The van der Waals surface area contributed by atoms with E-state index in [4.69, 9.17) is 5.11 Å². The molecule has 2 N–H and O–H groups in total. The third kappa shape index (κ3) is 2.65. The lowest BCUT2D eigenvalue weighted by atomic mass is 10.2. The van der Waals surface area contributed by atoms with E-state index >= 15 is 0 Å². The molecule has 3 nitrogen and oxygen atoms in total. The zero-order chi connectivity index (χ0) is 9.84. The lowest BCUT2D eigenvalue weighted by Gasteiger charge is -2.05. The molecule has 0 atom stereocenters. The van der Waals surface area contributed by atoms with Gasteiger partial charge in [0.1, 0.15) is 11.6 Å². The Morgan fingerprint density at radius 1 is 1.62 bits per heavy atom. The highest BCUT2D eigenvalue weighted by Crippen LogP contribution is 2.26. The number of hydrogen-bond acceptors (Lipinski definition) is 3. The molecule has 0 fully saturated rings. The summed E-state index contributed by atoms with van der Waals surface area (Å²) in [4.78, 5) is 4.58. The van der Waals surface area contributed by atoms with E-state index in [1.165, 1.54) is 13.2 Å². The topological polar surface area (TPSA) is 41.5 Å². The fourth-order valence-corrected chi connectivity index (χ4v) is 1.25. The van der Waals surface area contributed by atoms with Gasteiger partial charge in [-0.15, -0.1) is 0 Å². The molecule has 0 aliphatic carbocycles. The molecule has 0 unspecified atom stereocenters. The second-order valence-electron chi connectivity index (χ2n) is 2.42. The molecule has 0 saturated heterocycles. The van der Waals surface area contributed by atoms with Crippen LogP contribution in [-0.2, 0) is 11.4 Å². The Balaban J connectivity index is 2.88. The molecule has 0 spiro atoms. The number of rotatable bonds is 3. The average molecular weight is 250 g/mol. The van der Waals surface area contributed by atoms with E-state index in [2.05, 4.69) is 26.2 Å². The van der Waals surface area contributed by atoms with Crippen molar-refractivity contribution in [2.75, 3.05) is 7.11 Å². The summed E-state index contributed by atoms with van der Waals surface area (Å²) in [6.45, 7) is 0.251. The summed E-state index contributed by atoms with van der Waals surface area (Å²) in [5.41, 5.74) is 2.93. The molecule has 1 aromatic carbocycles. The number of halogens is 2. The number of phenols is 1. The Hall–Kier alpha value is -0.650. The highest BCUT2D eigenvalue weighted by Gasteiger charge is 2.06. The van der Waals surface area contributed by atoms with Crippen LogP contribution in [0.2, 0.25) is 0 Å². The number of hydrogen-bond donors (Lipinski definition) is 2. The number of benzene rings is 1. The predicted molar refractivity (Wildman–Crippen MR) is 49.6 cm³/mol. The van der Waals surface area contributed by atoms with Crippen molar-refractivity contribution in [3.05, 3.63) is 28.0 Å². The first-order chi connectivity index (χ1) is 6.15. The minimum atomic E-state index is -0.467. The van der Waals surface area contributed by atoms with Crippen LogP contribution in [0.3, 0.4) is 0 Å². The Bertz CT molecular complexity index is 306. The monoisotopic (exact) mass is 249 g/mol. The number of nitrogens with one attached hydrogen (secondary N) is 1. The van der Waals surface area contributed by atoms with Crippen molar-refractivity contribution in [3.63, 3.8) is 0 Å². The summed E-state index contributed by atoms with van der Waals surface area (Å²) >= 11 is 3.09. The van der Waals surface area contributed by atoms with Crippen LogP contribution in [-0.4, -0.2) is 12.2 Å². The first kappa shape index (κ1) is 10.4. The standard InChI is InChI=1S/C8H9BrFNO2/c1-13-11-4-5-2-6(9)8(12)3-7(5)10/h2-3,11-12H,4H2,1H3. The maximum absolute atomic E-state index is 13.1. The van der Waals surface area contributed by atoms with Gasteiger partial charge in [-0.05, 0) is 22.0 Å². The summed E-state index contributed by atoms with van der Waals surface area (Å²) in [5, 5.41) is 9.11. The lowest BCUT2D eigenvalue weighted by Crippen LogP contribution is -2.11. The molecule has 5 heteroatoms. The molecule has 1 aromatic rings. The molecule has 0 heterocycles. The second-order valence-corrected chi connectivity index (χ2v) is 3.27. The first-order valence-electron chi connectivity index (χ1n) is 3.58. The number of hydroxylamine groups is 1. The van der Waals surface area contributed by atoms with Crippen molar-refractivity contribution in [3.8, 4) is 5.75 Å². The molecular weight excluding hydrogens is 241 g/mol. The molecule has 72 valence electrons. The molecule has 0 bridgehead atoms. The Morgan fingerprint density at radius 2 is 2.31 bits per heavy atom. The fourth-order valence-electron chi connectivity index (χ4n) is 0.863. The SMILES string of the molecule is CONCc1cc(Br)c(O)cc1F. The molecule has 0 aromatic heterocycles. The molecule has 0 aliphatic rings. The van der Waals surface area contributed by atoms with Gasteiger partial charge >= 0.3 is 0 Å². The van der Waals surface area contributed by atoms with Gasteiger partial charge < -0.3 is 9.94 Å². The minimum absolute atomic E-state index is 0.112. The van der Waals surface area contributed by atoms with Gasteiger partial charge in [0.15, 0.2) is 0 Å². The molecule has 0 amide bonds. The van der Waals surface area contributed by atoms with Crippen LogP contribution in [0.25, 0.3) is 0 Å². The average Bonchev–Trinajstić information content (AvgIpc) is 2.09. The van der Waals surface area contributed by atoms with E-state index in [0.29, 0.717) is 10.0 Å². The maximum Gasteiger partial charge on any atom is 0.132 e. The van der Waals surface area contributed by atoms with E-state index in [9.17, 15) is 4.39 Å². The maximum atomic E-state index is 13.1. The fraction of sp³-hybridized carbons (Fsp3) is 0.250. The van der Waals surface area contributed by atoms with Gasteiger partial charge in [-0.1, -0.05) is 0 Å². The van der Waals surface area contributed by atoms with Crippen molar-refractivity contribution >= 4 is 15.9 Å². The molecule has 13 heavy (non-hydrogen) atoms. The van der Waals surface area contributed by atoms with Crippen molar-refractivity contribution in [1.82, 2.24) is 5.48 Å². The van der Waals surface area contributed by atoms with Gasteiger partial charge in [0, 0.05) is 18.2 Å². The van der Waals surface area contributed by atoms with Crippen molar-refractivity contribution < 1.29 is 14.3 Å². The predicted octanol–water partition coefficient (Wildman–Crippen LogP) is 1.94. The molecule has 0 saturated carbocycles. The van der Waals surface area contributed by atoms with Crippen LogP contribution in [0.5, 0.6) is 5.75 Å². The highest BCUT2D eigenvalue weighted by atomic mass is 79.9. The highest BCUT2D eigenvalue weighted by molar-refractivity contribution is 9.10. The van der Waals surface area contributed by atoms with Gasteiger partial charge in [0.2, 0.25) is 0 Å². The quantitative estimate of drug-likeness (QED) is 0.805. The Labute approximate surface area is 83.6 Å². The molecule has 0 aliphatic heterocycles. The third-order valence-electron chi connectivity index (χ3n) is 1.52. The van der Waals surface area contributed by atoms with Crippen molar-refractivity contribution in [2.45, 2.75) is 6.54 Å². The third-order valence-corrected chi connectivity index (χ3v) is 2.16. The second kappa shape index (κ2) is 4.55. The summed E-state index contributed by atoms with van der Waals surface area (Å²) < 4.78 is 13.5.